The Kier molecular flexibility index (Phi) is 3.81. The normalized spacial score (nSPS) is 23.0. The number of aryl methyl sites for hydroxylation is 1. The smallest absolute Gasteiger partial charge is 0.257 e. The fourth-order valence-electron chi connectivity index (χ4n) is 2.21. The largest absolute Gasteiger partial charge is 0.376 e. The van der Waals surface area contributed by atoms with E-state index in [4.69, 9.17) is 4.74 Å². The minimum atomic E-state index is -0.329. The summed E-state index contributed by atoms with van der Waals surface area (Å²) in [5, 5.41) is 2.87. The number of pyridine rings is 1. The number of aromatic nitrogens is 1. The number of hydrogen-bond acceptors (Lipinski definition) is 3. The topological polar surface area (TPSA) is 71.2 Å². The Morgan fingerprint density at radius 2 is 2.39 bits per heavy atom. The molecular weight excluding hydrogens is 232 g/mol. The number of ether oxygens (including phenoxy) is 1. The van der Waals surface area contributed by atoms with Crippen molar-refractivity contribution in [3.8, 4) is 0 Å². The van der Waals surface area contributed by atoms with Crippen molar-refractivity contribution < 1.29 is 9.53 Å². The molecule has 5 nitrogen and oxygen atoms in total. The van der Waals surface area contributed by atoms with E-state index in [2.05, 4.69) is 10.3 Å². The van der Waals surface area contributed by atoms with Crippen LogP contribution in [0.2, 0.25) is 0 Å². The summed E-state index contributed by atoms with van der Waals surface area (Å²) in [5.74, 6) is -0.329. The average molecular weight is 250 g/mol. The first kappa shape index (κ1) is 12.8. The average Bonchev–Trinajstić information content (AvgIpc) is 2.76. The van der Waals surface area contributed by atoms with Crippen LogP contribution < -0.4 is 10.7 Å². The summed E-state index contributed by atoms with van der Waals surface area (Å²) in [7, 11) is 0. The molecular formula is C13H18N2O3. The number of aromatic amines is 1. The van der Waals surface area contributed by atoms with E-state index in [0.29, 0.717) is 6.61 Å². The summed E-state index contributed by atoms with van der Waals surface area (Å²) in [6.45, 7) is 4.46. The van der Waals surface area contributed by atoms with Crippen molar-refractivity contribution in [3.05, 3.63) is 33.7 Å². The van der Waals surface area contributed by atoms with E-state index in [-0.39, 0.29) is 29.0 Å². The van der Waals surface area contributed by atoms with Crippen molar-refractivity contribution in [3.63, 3.8) is 0 Å². The van der Waals surface area contributed by atoms with E-state index in [9.17, 15) is 9.59 Å². The van der Waals surface area contributed by atoms with Gasteiger partial charge in [-0.1, -0.05) is 6.92 Å². The first-order valence-electron chi connectivity index (χ1n) is 6.23. The lowest BCUT2D eigenvalue weighted by Crippen LogP contribution is -2.41. The van der Waals surface area contributed by atoms with Gasteiger partial charge in [0.25, 0.3) is 5.91 Å². The Balaban J connectivity index is 2.10. The molecule has 1 fully saturated rings. The monoisotopic (exact) mass is 250 g/mol. The van der Waals surface area contributed by atoms with Crippen LogP contribution in [0.4, 0.5) is 0 Å². The molecule has 0 unspecified atom stereocenters. The van der Waals surface area contributed by atoms with Gasteiger partial charge in [-0.25, -0.2) is 0 Å². The highest BCUT2D eigenvalue weighted by Gasteiger charge is 2.28. The number of H-pyrrole nitrogens is 1. The molecule has 2 heterocycles. The lowest BCUT2D eigenvalue weighted by Gasteiger charge is -2.18. The maximum atomic E-state index is 12.0. The van der Waals surface area contributed by atoms with Crippen molar-refractivity contribution >= 4 is 5.91 Å². The number of rotatable bonds is 3. The summed E-state index contributed by atoms with van der Waals surface area (Å²) in [5.41, 5.74) is 0.644. The van der Waals surface area contributed by atoms with Gasteiger partial charge >= 0.3 is 0 Å². The summed E-state index contributed by atoms with van der Waals surface area (Å²) in [6, 6.07) is 1.43. The lowest BCUT2D eigenvalue weighted by molar-refractivity contribution is 0.0808. The number of amides is 1. The minimum absolute atomic E-state index is 0.00297. The molecule has 1 aromatic heterocycles. The van der Waals surface area contributed by atoms with Gasteiger partial charge in [0, 0.05) is 24.6 Å². The van der Waals surface area contributed by atoms with Gasteiger partial charge in [0.15, 0.2) is 5.43 Å². The number of carbonyl (C=O) groups excluding carboxylic acids is 1. The van der Waals surface area contributed by atoms with E-state index in [1.54, 1.807) is 6.92 Å². The first-order chi connectivity index (χ1) is 8.61. The Hall–Kier alpha value is -1.62. The van der Waals surface area contributed by atoms with Gasteiger partial charge in [-0.2, -0.15) is 0 Å². The second-order valence-electron chi connectivity index (χ2n) is 4.58. The predicted octanol–water partition coefficient (Wildman–Crippen LogP) is 0.981. The Morgan fingerprint density at radius 3 is 3.06 bits per heavy atom. The van der Waals surface area contributed by atoms with Crippen molar-refractivity contribution in [2.75, 3.05) is 6.61 Å². The standard InChI is InChI=1S/C13H18N2O3/c1-3-12-10(4-5-18-12)15-13(17)9-7-14-8(2)6-11(9)16/h6-7,10,12H,3-5H2,1-2H3,(H,14,16)(H,15,17)/t10-,12+/m1/s1. The Bertz CT molecular complexity index is 495. The molecule has 5 heteroatoms. The molecule has 1 aliphatic heterocycles. The SMILES string of the molecule is CC[C@@H]1OCC[C@H]1NC(=O)c1c[nH]c(C)cc1=O. The highest BCUT2D eigenvalue weighted by Crippen LogP contribution is 2.16. The molecule has 2 N–H and O–H groups in total. The minimum Gasteiger partial charge on any atom is -0.376 e. The van der Waals surface area contributed by atoms with Crippen molar-refractivity contribution in [2.45, 2.75) is 38.8 Å². The molecule has 0 aliphatic carbocycles. The number of hydrogen-bond donors (Lipinski definition) is 2. The molecule has 2 rings (SSSR count). The van der Waals surface area contributed by atoms with Crippen LogP contribution in [-0.4, -0.2) is 29.6 Å². The first-order valence-corrected chi connectivity index (χ1v) is 6.23. The zero-order valence-corrected chi connectivity index (χ0v) is 10.7. The molecule has 1 saturated heterocycles. The Morgan fingerprint density at radius 1 is 1.61 bits per heavy atom. The van der Waals surface area contributed by atoms with Crippen LogP contribution in [0.1, 0.15) is 35.8 Å². The maximum absolute atomic E-state index is 12.0. The fourth-order valence-corrected chi connectivity index (χ4v) is 2.21. The third-order valence-corrected chi connectivity index (χ3v) is 3.23. The van der Waals surface area contributed by atoms with Gasteiger partial charge in [-0.15, -0.1) is 0 Å². The van der Waals surface area contributed by atoms with Crippen LogP contribution in [0, 0.1) is 6.92 Å². The summed E-state index contributed by atoms with van der Waals surface area (Å²) >= 11 is 0. The van der Waals surface area contributed by atoms with Gasteiger partial charge in [0.1, 0.15) is 5.56 Å². The summed E-state index contributed by atoms with van der Waals surface area (Å²) < 4.78 is 5.50. The number of nitrogens with one attached hydrogen (secondary N) is 2. The molecule has 0 spiro atoms. The quantitative estimate of drug-likeness (QED) is 0.840. The molecule has 1 amide bonds. The summed E-state index contributed by atoms with van der Waals surface area (Å²) in [4.78, 5) is 26.6. The van der Waals surface area contributed by atoms with Crippen LogP contribution in [0.15, 0.2) is 17.1 Å². The van der Waals surface area contributed by atoms with Gasteiger partial charge in [-0.05, 0) is 19.8 Å². The van der Waals surface area contributed by atoms with Crippen LogP contribution in [0.25, 0.3) is 0 Å². The third kappa shape index (κ3) is 2.61. The van der Waals surface area contributed by atoms with Crippen LogP contribution in [-0.2, 0) is 4.74 Å². The van der Waals surface area contributed by atoms with Crippen LogP contribution >= 0.6 is 0 Å². The van der Waals surface area contributed by atoms with Gasteiger partial charge in [0.05, 0.1) is 12.1 Å². The molecule has 0 saturated carbocycles. The third-order valence-electron chi connectivity index (χ3n) is 3.23. The maximum Gasteiger partial charge on any atom is 0.257 e. The van der Waals surface area contributed by atoms with E-state index in [1.165, 1.54) is 12.3 Å². The molecule has 98 valence electrons. The highest BCUT2D eigenvalue weighted by molar-refractivity contribution is 5.94. The zero-order chi connectivity index (χ0) is 13.1. The predicted molar refractivity (Wildman–Crippen MR) is 67.7 cm³/mol. The molecule has 2 atom stereocenters. The van der Waals surface area contributed by atoms with E-state index in [0.717, 1.165) is 18.5 Å². The van der Waals surface area contributed by atoms with E-state index >= 15 is 0 Å². The van der Waals surface area contributed by atoms with Crippen LogP contribution in [0.3, 0.4) is 0 Å². The van der Waals surface area contributed by atoms with Gasteiger partial charge in [0.2, 0.25) is 0 Å². The second-order valence-corrected chi connectivity index (χ2v) is 4.58. The van der Waals surface area contributed by atoms with Gasteiger partial charge < -0.3 is 15.0 Å². The second kappa shape index (κ2) is 5.35. The van der Waals surface area contributed by atoms with Crippen molar-refractivity contribution in [1.82, 2.24) is 10.3 Å². The van der Waals surface area contributed by atoms with Gasteiger partial charge in [-0.3, -0.25) is 9.59 Å². The molecule has 18 heavy (non-hydrogen) atoms. The lowest BCUT2D eigenvalue weighted by atomic mass is 10.1. The summed E-state index contributed by atoms with van der Waals surface area (Å²) in [6.07, 6.45) is 3.17. The number of carbonyl (C=O) groups is 1. The van der Waals surface area contributed by atoms with Crippen molar-refractivity contribution in [1.29, 1.82) is 0 Å². The highest BCUT2D eigenvalue weighted by atomic mass is 16.5. The molecule has 0 bridgehead atoms. The fraction of sp³-hybridized carbons (Fsp3) is 0.538. The van der Waals surface area contributed by atoms with Crippen LogP contribution in [0.5, 0.6) is 0 Å². The molecule has 0 aromatic carbocycles. The van der Waals surface area contributed by atoms with E-state index in [1.807, 2.05) is 6.92 Å². The molecule has 1 aliphatic rings. The van der Waals surface area contributed by atoms with E-state index < -0.39 is 0 Å². The Labute approximate surface area is 106 Å². The molecule has 0 radical (unpaired) electrons. The van der Waals surface area contributed by atoms with Crippen molar-refractivity contribution in [2.24, 2.45) is 0 Å². The zero-order valence-electron chi connectivity index (χ0n) is 10.7. The molecule has 1 aromatic rings.